The first-order valence-electron chi connectivity index (χ1n) is 11.1. The van der Waals surface area contributed by atoms with Crippen LogP contribution in [0.2, 0.25) is 0 Å². The summed E-state index contributed by atoms with van der Waals surface area (Å²) in [6, 6.07) is 20.2. The van der Waals surface area contributed by atoms with Crippen LogP contribution in [0.5, 0.6) is 5.75 Å². The molecule has 2 N–H and O–H groups in total. The van der Waals surface area contributed by atoms with Crippen LogP contribution in [0.4, 0.5) is 0 Å². The van der Waals surface area contributed by atoms with Crippen molar-refractivity contribution in [3.8, 4) is 5.75 Å². The number of carbonyl (C=O) groups is 1. The van der Waals surface area contributed by atoms with Gasteiger partial charge in [0.05, 0.1) is 7.11 Å². The topological polar surface area (TPSA) is 67.0 Å². The Hall–Kier alpha value is -3.60. The molecule has 1 atom stereocenters. The first-order valence-corrected chi connectivity index (χ1v) is 11.1. The number of nitrogens with one attached hydrogen (secondary N) is 2. The van der Waals surface area contributed by atoms with E-state index in [-0.39, 0.29) is 11.8 Å². The molecule has 0 radical (unpaired) electrons. The highest BCUT2D eigenvalue weighted by Crippen LogP contribution is 2.35. The number of benzene rings is 2. The highest BCUT2D eigenvalue weighted by molar-refractivity contribution is 5.88. The summed E-state index contributed by atoms with van der Waals surface area (Å²) in [4.78, 5) is 20.7. The number of pyridine rings is 1. The predicted molar refractivity (Wildman–Crippen MR) is 128 cm³/mol. The zero-order chi connectivity index (χ0) is 22.3. The minimum Gasteiger partial charge on any atom is -0.497 e. The van der Waals surface area contributed by atoms with Gasteiger partial charge in [0.1, 0.15) is 5.75 Å². The van der Waals surface area contributed by atoms with Gasteiger partial charge in [0.25, 0.3) is 0 Å². The van der Waals surface area contributed by atoms with Gasteiger partial charge in [-0.2, -0.15) is 0 Å². The van der Waals surface area contributed by atoms with Crippen molar-refractivity contribution in [2.24, 2.45) is 0 Å². The van der Waals surface area contributed by atoms with Crippen molar-refractivity contribution in [3.63, 3.8) is 0 Å². The lowest BCUT2D eigenvalue weighted by Crippen LogP contribution is -2.27. The Bertz CT molecular complexity index is 1170. The molecule has 0 spiro atoms. The molecule has 2 aromatic carbocycles. The third-order valence-electron chi connectivity index (χ3n) is 5.93. The van der Waals surface area contributed by atoms with Crippen LogP contribution in [0.3, 0.4) is 0 Å². The monoisotopic (exact) mass is 427 g/mol. The van der Waals surface area contributed by atoms with E-state index in [1.807, 2.05) is 42.5 Å². The van der Waals surface area contributed by atoms with Gasteiger partial charge in [0.2, 0.25) is 5.91 Å². The molecule has 0 aliphatic heterocycles. The molecule has 2 heterocycles. The first-order chi connectivity index (χ1) is 15.7. The highest BCUT2D eigenvalue weighted by Gasteiger charge is 2.22. The summed E-state index contributed by atoms with van der Waals surface area (Å²) in [5, 5.41) is 4.25. The Morgan fingerprint density at radius 2 is 1.94 bits per heavy atom. The Balaban J connectivity index is 1.57. The average Bonchev–Trinajstić information content (AvgIpc) is 3.27. The fraction of sp³-hybridized carbons (Fsp3) is 0.259. The Labute approximate surface area is 188 Å². The normalized spacial score (nSPS) is 11.9. The van der Waals surface area contributed by atoms with E-state index in [2.05, 4.69) is 46.6 Å². The quantitative estimate of drug-likeness (QED) is 0.394. The average molecular weight is 428 g/mol. The molecular formula is C27H29N3O2. The molecule has 1 amide bonds. The largest absolute Gasteiger partial charge is 0.497 e. The van der Waals surface area contributed by atoms with Crippen molar-refractivity contribution in [2.45, 2.75) is 32.1 Å². The van der Waals surface area contributed by atoms with Gasteiger partial charge in [0, 0.05) is 54.3 Å². The van der Waals surface area contributed by atoms with Crippen molar-refractivity contribution >= 4 is 16.8 Å². The van der Waals surface area contributed by atoms with E-state index in [0.29, 0.717) is 19.4 Å². The van der Waals surface area contributed by atoms with Crippen LogP contribution in [0, 0.1) is 0 Å². The third kappa shape index (κ3) is 4.83. The maximum atomic E-state index is 12.9. The van der Waals surface area contributed by atoms with E-state index in [1.165, 1.54) is 10.9 Å². The van der Waals surface area contributed by atoms with E-state index in [9.17, 15) is 4.79 Å². The Morgan fingerprint density at radius 3 is 2.66 bits per heavy atom. The minimum absolute atomic E-state index is 0.0303. The molecular weight excluding hydrogens is 398 g/mol. The summed E-state index contributed by atoms with van der Waals surface area (Å²) in [6.07, 6.45) is 5.88. The molecule has 4 aromatic rings. The van der Waals surface area contributed by atoms with E-state index in [1.54, 1.807) is 13.3 Å². The molecule has 0 aliphatic carbocycles. The minimum atomic E-state index is -0.0587. The molecule has 2 aromatic heterocycles. The second-order valence-corrected chi connectivity index (χ2v) is 7.89. The maximum Gasteiger partial charge on any atom is 0.220 e. The van der Waals surface area contributed by atoms with Crippen LogP contribution >= 0.6 is 0 Å². The number of nitrogens with zero attached hydrogens (tertiary/aromatic N) is 1. The maximum absolute atomic E-state index is 12.9. The van der Waals surface area contributed by atoms with Gasteiger partial charge in [-0.05, 0) is 47.4 Å². The zero-order valence-electron chi connectivity index (χ0n) is 18.6. The molecule has 0 aliphatic rings. The molecule has 0 fully saturated rings. The molecule has 4 rings (SSSR count). The van der Waals surface area contributed by atoms with Gasteiger partial charge >= 0.3 is 0 Å². The number of ether oxygens (including phenoxy) is 1. The number of amides is 1. The van der Waals surface area contributed by atoms with Gasteiger partial charge < -0.3 is 15.0 Å². The SMILES string of the molecule is CCc1cccc2c([C@H](CC(=O)NCCc3ccccn3)c3ccc(OC)cc3)c[nH]c12. The zero-order valence-corrected chi connectivity index (χ0v) is 18.6. The van der Waals surface area contributed by atoms with Gasteiger partial charge in [-0.15, -0.1) is 0 Å². The number of hydrogen-bond acceptors (Lipinski definition) is 3. The standard InChI is InChI=1S/C27H29N3O2/c1-3-19-7-6-9-23-25(18-30-27(19)23)24(20-10-12-22(32-2)13-11-20)17-26(31)29-16-14-21-8-4-5-15-28-21/h4-13,15,18,24,30H,3,14,16-17H2,1-2H3,(H,29,31)/t24-/m1/s1. The number of methoxy groups -OCH3 is 1. The van der Waals surface area contributed by atoms with Crippen molar-refractivity contribution in [2.75, 3.05) is 13.7 Å². The fourth-order valence-electron chi connectivity index (χ4n) is 4.20. The molecule has 164 valence electrons. The van der Waals surface area contributed by atoms with Gasteiger partial charge in [-0.1, -0.05) is 43.3 Å². The van der Waals surface area contributed by atoms with Crippen molar-refractivity contribution in [1.29, 1.82) is 0 Å². The number of aryl methyl sites for hydroxylation is 1. The van der Waals surface area contributed by atoms with Crippen LogP contribution < -0.4 is 10.1 Å². The number of para-hydroxylation sites is 1. The predicted octanol–water partition coefficient (Wildman–Crippen LogP) is 5.01. The molecule has 0 unspecified atom stereocenters. The second-order valence-electron chi connectivity index (χ2n) is 7.89. The lowest BCUT2D eigenvalue weighted by atomic mass is 9.87. The first kappa shape index (κ1) is 21.6. The van der Waals surface area contributed by atoms with Crippen molar-refractivity contribution in [3.05, 3.63) is 95.4 Å². The lowest BCUT2D eigenvalue weighted by Gasteiger charge is -2.18. The van der Waals surface area contributed by atoms with Gasteiger partial charge in [0.15, 0.2) is 0 Å². The van der Waals surface area contributed by atoms with Crippen molar-refractivity contribution < 1.29 is 9.53 Å². The van der Waals surface area contributed by atoms with Crippen molar-refractivity contribution in [1.82, 2.24) is 15.3 Å². The highest BCUT2D eigenvalue weighted by atomic mass is 16.5. The summed E-state index contributed by atoms with van der Waals surface area (Å²) in [5.74, 6) is 0.777. The van der Waals surface area contributed by atoms with Crippen LogP contribution in [-0.2, 0) is 17.6 Å². The van der Waals surface area contributed by atoms with E-state index < -0.39 is 0 Å². The molecule has 32 heavy (non-hydrogen) atoms. The van der Waals surface area contributed by atoms with Crippen LogP contribution in [0.15, 0.2) is 73.1 Å². The summed E-state index contributed by atoms with van der Waals surface area (Å²) >= 11 is 0. The smallest absolute Gasteiger partial charge is 0.220 e. The molecule has 5 nitrogen and oxygen atoms in total. The number of fused-ring (bicyclic) bond motifs is 1. The van der Waals surface area contributed by atoms with E-state index in [4.69, 9.17) is 4.74 Å². The molecule has 0 saturated carbocycles. The summed E-state index contributed by atoms with van der Waals surface area (Å²) < 4.78 is 5.33. The fourth-order valence-corrected chi connectivity index (χ4v) is 4.20. The Morgan fingerprint density at radius 1 is 1.09 bits per heavy atom. The number of rotatable bonds is 9. The van der Waals surface area contributed by atoms with E-state index >= 15 is 0 Å². The number of aromatic nitrogens is 2. The van der Waals surface area contributed by atoms with Crippen LogP contribution in [-0.4, -0.2) is 29.5 Å². The molecule has 5 heteroatoms. The van der Waals surface area contributed by atoms with Gasteiger partial charge in [-0.25, -0.2) is 0 Å². The van der Waals surface area contributed by atoms with Gasteiger partial charge in [-0.3, -0.25) is 9.78 Å². The van der Waals surface area contributed by atoms with E-state index in [0.717, 1.165) is 34.5 Å². The third-order valence-corrected chi connectivity index (χ3v) is 5.93. The summed E-state index contributed by atoms with van der Waals surface area (Å²) in [6.45, 7) is 2.73. The summed E-state index contributed by atoms with van der Waals surface area (Å²) in [5.41, 5.74) is 5.64. The number of carbonyl (C=O) groups excluding carboxylic acids is 1. The lowest BCUT2D eigenvalue weighted by molar-refractivity contribution is -0.121. The molecule has 0 saturated heterocycles. The molecule has 0 bridgehead atoms. The summed E-state index contributed by atoms with van der Waals surface area (Å²) in [7, 11) is 1.66. The Kier molecular flexibility index (Phi) is 6.85. The van der Waals surface area contributed by atoms with Crippen LogP contribution in [0.1, 0.15) is 41.6 Å². The second kappa shape index (κ2) is 10.1. The van der Waals surface area contributed by atoms with Crippen LogP contribution in [0.25, 0.3) is 10.9 Å². The number of aromatic amines is 1. The number of H-pyrrole nitrogens is 1. The number of hydrogen-bond donors (Lipinski definition) is 2.